The zero-order valence-corrected chi connectivity index (χ0v) is 17.7. The second kappa shape index (κ2) is 9.40. The average Bonchev–Trinajstić information content (AvgIpc) is 3.52. The Labute approximate surface area is 185 Å². The van der Waals surface area contributed by atoms with E-state index in [1.54, 1.807) is 0 Å². The molecular formula is C24H26N2O6. The van der Waals surface area contributed by atoms with Gasteiger partial charge in [0.05, 0.1) is 12.5 Å². The van der Waals surface area contributed by atoms with Crippen molar-refractivity contribution in [2.24, 2.45) is 11.8 Å². The Kier molecular flexibility index (Phi) is 6.41. The van der Waals surface area contributed by atoms with Gasteiger partial charge in [0.15, 0.2) is 6.10 Å². The summed E-state index contributed by atoms with van der Waals surface area (Å²) in [4.78, 5) is 35.4. The molecule has 0 heterocycles. The number of aliphatic carboxylic acids is 1. The van der Waals surface area contributed by atoms with Crippen LogP contribution in [0.5, 0.6) is 0 Å². The fourth-order valence-corrected chi connectivity index (χ4v) is 4.23. The van der Waals surface area contributed by atoms with E-state index in [0.717, 1.165) is 22.3 Å². The molecule has 0 saturated heterocycles. The number of amides is 2. The van der Waals surface area contributed by atoms with Crippen molar-refractivity contribution in [3.63, 3.8) is 0 Å². The van der Waals surface area contributed by atoms with E-state index in [4.69, 9.17) is 14.6 Å². The zero-order valence-electron chi connectivity index (χ0n) is 17.7. The first-order chi connectivity index (χ1) is 15.5. The van der Waals surface area contributed by atoms with Crippen molar-refractivity contribution < 1.29 is 29.0 Å². The summed E-state index contributed by atoms with van der Waals surface area (Å²) in [5.74, 6) is -1.73. The second-order valence-electron chi connectivity index (χ2n) is 8.12. The Hall–Kier alpha value is -3.39. The summed E-state index contributed by atoms with van der Waals surface area (Å²) in [6.07, 6.45) is -0.960. The summed E-state index contributed by atoms with van der Waals surface area (Å²) in [6.45, 7) is 0.411. The van der Waals surface area contributed by atoms with Crippen LogP contribution in [-0.2, 0) is 19.1 Å². The van der Waals surface area contributed by atoms with Crippen molar-refractivity contribution in [3.8, 4) is 11.1 Å². The maximum Gasteiger partial charge on any atom is 0.407 e. The lowest BCUT2D eigenvalue weighted by Gasteiger charge is -2.17. The minimum atomic E-state index is -0.891. The van der Waals surface area contributed by atoms with Gasteiger partial charge in [-0.3, -0.25) is 9.59 Å². The number of fused-ring (bicyclic) bond motifs is 3. The van der Waals surface area contributed by atoms with Crippen LogP contribution in [-0.4, -0.2) is 56.0 Å². The molecule has 4 rings (SSSR count). The largest absolute Gasteiger partial charge is 0.481 e. The van der Waals surface area contributed by atoms with Gasteiger partial charge in [-0.15, -0.1) is 0 Å². The minimum Gasteiger partial charge on any atom is -0.481 e. The summed E-state index contributed by atoms with van der Waals surface area (Å²) in [5, 5.41) is 14.2. The number of carbonyl (C=O) groups excluding carboxylic acids is 2. The van der Waals surface area contributed by atoms with Crippen LogP contribution in [0.3, 0.4) is 0 Å². The summed E-state index contributed by atoms with van der Waals surface area (Å²) in [6, 6.07) is 16.1. The van der Waals surface area contributed by atoms with Gasteiger partial charge in [0.1, 0.15) is 6.61 Å². The van der Waals surface area contributed by atoms with Crippen LogP contribution in [0.15, 0.2) is 48.5 Å². The SMILES string of the molecule is COC(CNC(=O)OCC1c2ccccc2-c2ccccc21)C(=O)NC[C@H]1C[C@H]1C(=O)O. The number of ether oxygens (including phenoxy) is 2. The van der Waals surface area contributed by atoms with E-state index in [-0.39, 0.29) is 31.5 Å². The van der Waals surface area contributed by atoms with Gasteiger partial charge in [-0.05, 0) is 34.6 Å². The Balaban J connectivity index is 1.26. The standard InChI is InChI=1S/C24H26N2O6/c1-31-21(22(27)25-11-14-10-19(14)23(28)29)12-26-24(30)32-13-20-17-8-4-2-6-15(17)16-7-3-5-9-18(16)20/h2-9,14,19-21H,10-13H2,1H3,(H,25,27)(H,26,30)(H,28,29)/t14-,19-,21?/m1/s1. The first-order valence-electron chi connectivity index (χ1n) is 10.6. The number of carboxylic acid groups (broad SMARTS) is 1. The van der Waals surface area contributed by atoms with E-state index >= 15 is 0 Å². The lowest BCUT2D eigenvalue weighted by atomic mass is 9.98. The summed E-state index contributed by atoms with van der Waals surface area (Å²) in [5.41, 5.74) is 4.54. The molecule has 0 aromatic heterocycles. The van der Waals surface area contributed by atoms with E-state index in [9.17, 15) is 14.4 Å². The molecule has 168 valence electrons. The highest BCUT2D eigenvalue weighted by Crippen LogP contribution is 2.44. The van der Waals surface area contributed by atoms with Gasteiger partial charge >= 0.3 is 12.1 Å². The van der Waals surface area contributed by atoms with Gasteiger partial charge in [-0.25, -0.2) is 4.79 Å². The molecule has 0 radical (unpaired) electrons. The molecule has 8 nitrogen and oxygen atoms in total. The summed E-state index contributed by atoms with van der Waals surface area (Å²) >= 11 is 0. The first kappa shape index (κ1) is 21.8. The van der Waals surface area contributed by atoms with Crippen molar-refractivity contribution >= 4 is 18.0 Å². The molecule has 0 bridgehead atoms. The number of carbonyl (C=O) groups is 3. The van der Waals surface area contributed by atoms with Crippen LogP contribution in [0.25, 0.3) is 11.1 Å². The van der Waals surface area contributed by atoms with Crippen molar-refractivity contribution in [1.82, 2.24) is 10.6 Å². The van der Waals surface area contributed by atoms with Crippen molar-refractivity contribution in [1.29, 1.82) is 0 Å². The second-order valence-corrected chi connectivity index (χ2v) is 8.12. The van der Waals surface area contributed by atoms with Crippen molar-refractivity contribution in [2.75, 3.05) is 26.8 Å². The van der Waals surface area contributed by atoms with E-state index < -0.39 is 30.0 Å². The summed E-state index contributed by atoms with van der Waals surface area (Å²) in [7, 11) is 1.38. The molecule has 2 aromatic rings. The average molecular weight is 438 g/mol. The number of hydrogen-bond acceptors (Lipinski definition) is 5. The topological polar surface area (TPSA) is 114 Å². The Morgan fingerprint density at radius 2 is 1.66 bits per heavy atom. The number of nitrogens with one attached hydrogen (secondary N) is 2. The molecule has 1 saturated carbocycles. The predicted octanol–water partition coefficient (Wildman–Crippen LogP) is 2.38. The van der Waals surface area contributed by atoms with Gasteiger partial charge in [0.2, 0.25) is 0 Å². The molecule has 2 aromatic carbocycles. The van der Waals surface area contributed by atoms with Crippen LogP contribution in [0.1, 0.15) is 23.5 Å². The zero-order chi connectivity index (χ0) is 22.7. The minimum absolute atomic E-state index is 0.0459. The molecule has 32 heavy (non-hydrogen) atoms. The van der Waals surface area contributed by atoms with Gasteiger partial charge in [-0.2, -0.15) is 0 Å². The van der Waals surface area contributed by atoms with E-state index in [0.29, 0.717) is 6.42 Å². The maximum absolute atomic E-state index is 12.3. The maximum atomic E-state index is 12.3. The number of rotatable bonds is 9. The first-order valence-corrected chi connectivity index (χ1v) is 10.6. The molecular weight excluding hydrogens is 412 g/mol. The van der Waals surface area contributed by atoms with E-state index in [1.807, 2.05) is 36.4 Å². The Morgan fingerprint density at radius 3 is 2.22 bits per heavy atom. The molecule has 2 amide bonds. The summed E-state index contributed by atoms with van der Waals surface area (Å²) < 4.78 is 10.6. The van der Waals surface area contributed by atoms with E-state index in [2.05, 4.69) is 22.8 Å². The molecule has 8 heteroatoms. The van der Waals surface area contributed by atoms with E-state index in [1.165, 1.54) is 7.11 Å². The third-order valence-corrected chi connectivity index (χ3v) is 6.13. The number of methoxy groups -OCH3 is 1. The van der Waals surface area contributed by atoms with Gasteiger partial charge in [0.25, 0.3) is 5.91 Å². The van der Waals surface area contributed by atoms with Crippen LogP contribution in [0.4, 0.5) is 4.79 Å². The smallest absolute Gasteiger partial charge is 0.407 e. The van der Waals surface area contributed by atoms with Crippen molar-refractivity contribution in [3.05, 3.63) is 59.7 Å². The number of carboxylic acids is 1. The van der Waals surface area contributed by atoms with Crippen molar-refractivity contribution in [2.45, 2.75) is 18.4 Å². The molecule has 2 aliphatic carbocycles. The van der Waals surface area contributed by atoms with Crippen LogP contribution >= 0.6 is 0 Å². The van der Waals surface area contributed by atoms with Crippen LogP contribution in [0, 0.1) is 11.8 Å². The molecule has 1 fully saturated rings. The normalized spacial score (nSPS) is 19.4. The lowest BCUT2D eigenvalue weighted by Crippen LogP contribution is -2.44. The highest BCUT2D eigenvalue weighted by Gasteiger charge is 2.43. The molecule has 3 atom stereocenters. The highest BCUT2D eigenvalue weighted by atomic mass is 16.5. The Morgan fingerprint density at radius 1 is 1.03 bits per heavy atom. The monoisotopic (exact) mass is 438 g/mol. The van der Waals surface area contributed by atoms with Crippen LogP contribution < -0.4 is 10.6 Å². The Bertz CT molecular complexity index is 978. The van der Waals surface area contributed by atoms with Crippen LogP contribution in [0.2, 0.25) is 0 Å². The highest BCUT2D eigenvalue weighted by molar-refractivity contribution is 5.82. The fourth-order valence-electron chi connectivity index (χ4n) is 4.23. The molecule has 0 aliphatic heterocycles. The predicted molar refractivity (Wildman–Crippen MR) is 116 cm³/mol. The third-order valence-electron chi connectivity index (χ3n) is 6.13. The molecule has 0 spiro atoms. The molecule has 1 unspecified atom stereocenters. The lowest BCUT2D eigenvalue weighted by molar-refractivity contribution is -0.139. The number of alkyl carbamates (subject to hydrolysis) is 1. The van der Waals surface area contributed by atoms with Gasteiger partial charge < -0.3 is 25.2 Å². The fraction of sp³-hybridized carbons (Fsp3) is 0.375. The number of hydrogen-bond donors (Lipinski definition) is 3. The number of benzene rings is 2. The third kappa shape index (κ3) is 4.60. The van der Waals surface area contributed by atoms with Gasteiger partial charge in [-0.1, -0.05) is 48.5 Å². The van der Waals surface area contributed by atoms with Gasteiger partial charge in [0, 0.05) is 19.6 Å². The molecule has 3 N–H and O–H groups in total. The molecule has 2 aliphatic rings. The quantitative estimate of drug-likeness (QED) is 0.554.